The lowest BCUT2D eigenvalue weighted by Gasteiger charge is -2.17. The summed E-state index contributed by atoms with van der Waals surface area (Å²) in [7, 11) is 1.81. The summed E-state index contributed by atoms with van der Waals surface area (Å²) in [4.78, 5) is 0. The number of ether oxygens (including phenoxy) is 1. The van der Waals surface area contributed by atoms with E-state index >= 15 is 0 Å². The second kappa shape index (κ2) is 6.57. The van der Waals surface area contributed by atoms with Crippen LogP contribution in [0, 0.1) is 5.82 Å². The van der Waals surface area contributed by atoms with Crippen LogP contribution in [0.25, 0.3) is 0 Å². The van der Waals surface area contributed by atoms with Gasteiger partial charge in [0.05, 0.1) is 5.02 Å². The molecular formula is C15H14BrClFNO. The fourth-order valence-corrected chi connectivity index (χ4v) is 2.29. The predicted molar refractivity (Wildman–Crippen MR) is 83.1 cm³/mol. The van der Waals surface area contributed by atoms with Crippen molar-refractivity contribution in [2.24, 2.45) is 0 Å². The van der Waals surface area contributed by atoms with Crippen LogP contribution in [0.15, 0.2) is 40.9 Å². The summed E-state index contributed by atoms with van der Waals surface area (Å²) in [6.07, 6.45) is 0. The first-order chi connectivity index (χ1) is 9.52. The second-order valence-electron chi connectivity index (χ2n) is 4.35. The Hall–Kier alpha value is -1.10. The van der Waals surface area contributed by atoms with Crippen LogP contribution in [0.1, 0.15) is 18.5 Å². The Kier molecular flexibility index (Phi) is 5.02. The molecule has 2 rings (SSSR count). The van der Waals surface area contributed by atoms with Crippen LogP contribution < -0.4 is 10.1 Å². The van der Waals surface area contributed by atoms with Crippen LogP contribution in [0.5, 0.6) is 11.5 Å². The third kappa shape index (κ3) is 3.32. The number of benzene rings is 2. The van der Waals surface area contributed by atoms with Crippen molar-refractivity contribution in [1.82, 2.24) is 5.32 Å². The van der Waals surface area contributed by atoms with Gasteiger partial charge in [-0.1, -0.05) is 39.7 Å². The number of halogens is 3. The molecule has 0 aromatic heterocycles. The van der Waals surface area contributed by atoms with E-state index in [0.29, 0.717) is 10.8 Å². The maximum Gasteiger partial charge on any atom is 0.167 e. The number of nitrogens with one attached hydrogen (secondary N) is 1. The maximum atomic E-state index is 14.1. The average molecular weight is 359 g/mol. The Balaban J connectivity index is 2.45. The molecule has 1 atom stereocenters. The Labute approximate surface area is 131 Å². The Morgan fingerprint density at radius 1 is 1.30 bits per heavy atom. The van der Waals surface area contributed by atoms with E-state index in [1.54, 1.807) is 24.3 Å². The van der Waals surface area contributed by atoms with Crippen LogP contribution in [0.2, 0.25) is 5.02 Å². The molecule has 0 amide bonds. The topological polar surface area (TPSA) is 21.3 Å². The fraction of sp³-hybridized carbons (Fsp3) is 0.200. The molecule has 0 bridgehead atoms. The van der Waals surface area contributed by atoms with E-state index in [1.165, 1.54) is 6.07 Å². The zero-order chi connectivity index (χ0) is 14.7. The zero-order valence-corrected chi connectivity index (χ0v) is 13.4. The lowest BCUT2D eigenvalue weighted by molar-refractivity contribution is 0.428. The molecule has 5 heteroatoms. The van der Waals surface area contributed by atoms with Gasteiger partial charge in [0.15, 0.2) is 11.6 Å². The van der Waals surface area contributed by atoms with E-state index in [9.17, 15) is 4.39 Å². The third-order valence-corrected chi connectivity index (χ3v) is 3.81. The van der Waals surface area contributed by atoms with Crippen LogP contribution >= 0.6 is 27.5 Å². The highest BCUT2D eigenvalue weighted by Crippen LogP contribution is 2.36. The molecule has 0 heterocycles. The number of rotatable bonds is 4. The molecule has 106 valence electrons. The molecule has 0 radical (unpaired) electrons. The molecule has 0 aliphatic heterocycles. The van der Waals surface area contributed by atoms with Crippen molar-refractivity contribution in [2.45, 2.75) is 13.0 Å². The van der Waals surface area contributed by atoms with Gasteiger partial charge in [-0.25, -0.2) is 4.39 Å². The molecule has 1 unspecified atom stereocenters. The number of hydrogen-bond donors (Lipinski definition) is 1. The lowest BCUT2D eigenvalue weighted by Crippen LogP contribution is -2.13. The predicted octanol–water partition coefficient (Wildman–Crippen LogP) is 5.31. The first kappa shape index (κ1) is 15.3. The molecule has 20 heavy (non-hydrogen) atoms. The summed E-state index contributed by atoms with van der Waals surface area (Å²) in [5.74, 6) is 0.186. The molecule has 0 saturated heterocycles. The van der Waals surface area contributed by atoms with E-state index in [4.69, 9.17) is 16.3 Å². The average Bonchev–Trinajstić information content (AvgIpc) is 2.44. The Bertz CT molecular complexity index is 621. The van der Waals surface area contributed by atoms with E-state index in [1.807, 2.05) is 20.0 Å². The van der Waals surface area contributed by atoms with E-state index < -0.39 is 5.82 Å². The summed E-state index contributed by atoms with van der Waals surface area (Å²) in [6, 6.07) is 10.0. The van der Waals surface area contributed by atoms with Gasteiger partial charge in [-0.15, -0.1) is 0 Å². The summed E-state index contributed by atoms with van der Waals surface area (Å²) in [6.45, 7) is 1.93. The summed E-state index contributed by atoms with van der Waals surface area (Å²) in [5.41, 5.74) is 0.739. The van der Waals surface area contributed by atoms with Crippen molar-refractivity contribution in [3.63, 3.8) is 0 Å². The van der Waals surface area contributed by atoms with Gasteiger partial charge in [-0.3, -0.25) is 0 Å². The van der Waals surface area contributed by atoms with Gasteiger partial charge in [0.25, 0.3) is 0 Å². The Morgan fingerprint density at radius 3 is 2.75 bits per heavy atom. The standard InChI is InChI=1S/C15H14BrClFNO/c1-9(19-2)11-4-3-5-13(18)15(11)20-14-8-10(16)6-7-12(14)17/h3-9,19H,1-2H3. The molecule has 0 spiro atoms. The number of hydrogen-bond acceptors (Lipinski definition) is 2. The van der Waals surface area contributed by atoms with Crippen molar-refractivity contribution in [3.8, 4) is 11.5 Å². The molecule has 1 N–H and O–H groups in total. The van der Waals surface area contributed by atoms with Gasteiger partial charge >= 0.3 is 0 Å². The number of para-hydroxylation sites is 1. The quantitative estimate of drug-likeness (QED) is 0.799. The van der Waals surface area contributed by atoms with Gasteiger partial charge in [-0.2, -0.15) is 0 Å². The summed E-state index contributed by atoms with van der Waals surface area (Å²) >= 11 is 9.42. The van der Waals surface area contributed by atoms with Gasteiger partial charge in [-0.05, 0) is 38.2 Å². The maximum absolute atomic E-state index is 14.1. The highest BCUT2D eigenvalue weighted by atomic mass is 79.9. The molecule has 0 saturated carbocycles. The SMILES string of the molecule is CNC(C)c1cccc(F)c1Oc1cc(Br)ccc1Cl. The molecule has 0 aliphatic rings. The highest BCUT2D eigenvalue weighted by molar-refractivity contribution is 9.10. The molecule has 2 nitrogen and oxygen atoms in total. The summed E-state index contributed by atoms with van der Waals surface area (Å²) in [5, 5.41) is 3.50. The molecule has 0 fully saturated rings. The zero-order valence-electron chi connectivity index (χ0n) is 11.1. The first-order valence-corrected chi connectivity index (χ1v) is 7.28. The Morgan fingerprint density at radius 2 is 2.05 bits per heavy atom. The fourth-order valence-electron chi connectivity index (χ4n) is 1.80. The lowest BCUT2D eigenvalue weighted by atomic mass is 10.1. The third-order valence-electron chi connectivity index (χ3n) is 3.00. The first-order valence-electron chi connectivity index (χ1n) is 6.11. The monoisotopic (exact) mass is 357 g/mol. The van der Waals surface area contributed by atoms with Crippen LogP contribution in [-0.4, -0.2) is 7.05 Å². The highest BCUT2D eigenvalue weighted by Gasteiger charge is 2.16. The van der Waals surface area contributed by atoms with E-state index in [0.717, 1.165) is 10.0 Å². The van der Waals surface area contributed by atoms with Gasteiger partial charge in [0.2, 0.25) is 0 Å². The minimum atomic E-state index is -0.416. The van der Waals surface area contributed by atoms with Crippen molar-refractivity contribution in [2.75, 3.05) is 7.05 Å². The van der Waals surface area contributed by atoms with Gasteiger partial charge < -0.3 is 10.1 Å². The molecule has 2 aromatic carbocycles. The van der Waals surface area contributed by atoms with Crippen LogP contribution in [-0.2, 0) is 0 Å². The van der Waals surface area contributed by atoms with Crippen LogP contribution in [0.3, 0.4) is 0 Å². The van der Waals surface area contributed by atoms with Crippen molar-refractivity contribution >= 4 is 27.5 Å². The molecular weight excluding hydrogens is 345 g/mol. The smallest absolute Gasteiger partial charge is 0.167 e. The van der Waals surface area contributed by atoms with E-state index in [-0.39, 0.29) is 11.8 Å². The molecule has 0 aliphatic carbocycles. The van der Waals surface area contributed by atoms with E-state index in [2.05, 4.69) is 21.2 Å². The second-order valence-corrected chi connectivity index (χ2v) is 5.67. The van der Waals surface area contributed by atoms with Crippen molar-refractivity contribution in [1.29, 1.82) is 0 Å². The normalized spacial score (nSPS) is 12.2. The molecule has 2 aromatic rings. The van der Waals surface area contributed by atoms with Gasteiger partial charge in [0, 0.05) is 16.1 Å². The summed E-state index contributed by atoms with van der Waals surface area (Å²) < 4.78 is 20.6. The van der Waals surface area contributed by atoms with Gasteiger partial charge in [0.1, 0.15) is 5.75 Å². The minimum absolute atomic E-state index is 0.0355. The largest absolute Gasteiger partial charge is 0.452 e. The van der Waals surface area contributed by atoms with Crippen molar-refractivity contribution in [3.05, 3.63) is 57.3 Å². The van der Waals surface area contributed by atoms with Crippen molar-refractivity contribution < 1.29 is 9.13 Å². The minimum Gasteiger partial charge on any atom is -0.452 e. The van der Waals surface area contributed by atoms with Crippen LogP contribution in [0.4, 0.5) is 4.39 Å².